The van der Waals surface area contributed by atoms with Crippen molar-refractivity contribution in [1.29, 1.82) is 0 Å². The fraction of sp³-hybridized carbons (Fsp3) is 0.312. The van der Waals surface area contributed by atoms with Gasteiger partial charge in [-0.05, 0) is 25.5 Å². The fourth-order valence-corrected chi connectivity index (χ4v) is 3.41. The second-order valence-corrected chi connectivity index (χ2v) is 6.48. The number of para-hydroxylation sites is 1. The summed E-state index contributed by atoms with van der Waals surface area (Å²) in [6.07, 6.45) is 2.16. The normalized spacial score (nSPS) is 16.2. The summed E-state index contributed by atoms with van der Waals surface area (Å²) in [6.45, 7) is 2.77. The maximum atomic E-state index is 12.4. The maximum Gasteiger partial charge on any atom is 0.303 e. The minimum Gasteiger partial charge on any atom is -0.493 e. The van der Waals surface area contributed by atoms with E-state index in [4.69, 9.17) is 22.1 Å². The number of amides is 1. The molecule has 1 N–H and O–H groups in total. The van der Waals surface area contributed by atoms with Crippen LogP contribution >= 0.6 is 24.0 Å². The van der Waals surface area contributed by atoms with Crippen LogP contribution in [0.25, 0.3) is 6.08 Å². The average Bonchev–Trinajstić information content (AvgIpc) is 2.76. The Morgan fingerprint density at radius 1 is 1.43 bits per heavy atom. The highest BCUT2D eigenvalue weighted by molar-refractivity contribution is 8.26. The highest BCUT2D eigenvalue weighted by Gasteiger charge is 2.31. The Morgan fingerprint density at radius 2 is 2.17 bits per heavy atom. The van der Waals surface area contributed by atoms with Gasteiger partial charge in [0.05, 0.1) is 11.5 Å². The summed E-state index contributed by atoms with van der Waals surface area (Å²) >= 11 is 6.45. The van der Waals surface area contributed by atoms with Crippen molar-refractivity contribution in [1.82, 2.24) is 4.90 Å². The first-order valence-corrected chi connectivity index (χ1v) is 8.44. The monoisotopic (exact) mass is 351 g/mol. The van der Waals surface area contributed by atoms with Crippen LogP contribution in [0, 0.1) is 0 Å². The number of rotatable bonds is 7. The van der Waals surface area contributed by atoms with Gasteiger partial charge >= 0.3 is 5.97 Å². The van der Waals surface area contributed by atoms with Gasteiger partial charge in [0.1, 0.15) is 10.1 Å². The lowest BCUT2D eigenvalue weighted by Gasteiger charge is -2.13. The molecule has 1 saturated heterocycles. The molecular weight excluding hydrogens is 334 g/mol. The van der Waals surface area contributed by atoms with E-state index in [0.717, 1.165) is 5.56 Å². The molecule has 1 fully saturated rings. The Kier molecular flexibility index (Phi) is 6.18. The van der Waals surface area contributed by atoms with Gasteiger partial charge in [-0.25, -0.2) is 0 Å². The molecule has 0 atom stereocenters. The number of thioether (sulfide) groups is 1. The molecule has 7 heteroatoms. The predicted molar refractivity (Wildman–Crippen MR) is 94.4 cm³/mol. The molecule has 1 aliphatic heterocycles. The van der Waals surface area contributed by atoms with E-state index in [-0.39, 0.29) is 12.3 Å². The topological polar surface area (TPSA) is 66.8 Å². The van der Waals surface area contributed by atoms with E-state index in [1.165, 1.54) is 16.7 Å². The Morgan fingerprint density at radius 3 is 2.87 bits per heavy atom. The number of hydrogen-bond acceptors (Lipinski definition) is 5. The van der Waals surface area contributed by atoms with Crippen molar-refractivity contribution in [3.8, 4) is 5.75 Å². The first kappa shape index (κ1) is 17.5. The third-order valence-electron chi connectivity index (χ3n) is 3.15. The summed E-state index contributed by atoms with van der Waals surface area (Å²) in [5.74, 6) is -0.348. The number of nitrogens with zero attached hydrogens (tertiary/aromatic N) is 1. The van der Waals surface area contributed by atoms with Gasteiger partial charge in [0, 0.05) is 18.5 Å². The van der Waals surface area contributed by atoms with E-state index >= 15 is 0 Å². The lowest BCUT2D eigenvalue weighted by atomic mass is 10.2. The Balaban J connectivity index is 2.14. The molecule has 1 aliphatic rings. The van der Waals surface area contributed by atoms with Crippen LogP contribution in [0.15, 0.2) is 29.2 Å². The fourth-order valence-electron chi connectivity index (χ4n) is 2.11. The van der Waals surface area contributed by atoms with E-state index in [1.54, 1.807) is 6.08 Å². The van der Waals surface area contributed by atoms with E-state index < -0.39 is 5.97 Å². The lowest BCUT2D eigenvalue weighted by Crippen LogP contribution is -2.29. The average molecular weight is 351 g/mol. The molecule has 23 heavy (non-hydrogen) atoms. The highest BCUT2D eigenvalue weighted by atomic mass is 32.2. The van der Waals surface area contributed by atoms with Crippen molar-refractivity contribution in [2.75, 3.05) is 13.2 Å². The minimum absolute atomic E-state index is 0.0171. The number of ether oxygens (including phenoxy) is 1. The van der Waals surface area contributed by atoms with Crippen molar-refractivity contribution >= 4 is 46.3 Å². The van der Waals surface area contributed by atoms with Crippen molar-refractivity contribution < 1.29 is 19.4 Å². The first-order valence-electron chi connectivity index (χ1n) is 7.22. The van der Waals surface area contributed by atoms with Crippen molar-refractivity contribution in [3.63, 3.8) is 0 Å². The molecule has 0 radical (unpaired) electrons. The van der Waals surface area contributed by atoms with E-state index in [0.29, 0.717) is 34.5 Å². The SMILES string of the molecule is CCOc1ccccc1/C=C1\SC(=S)N(CCCC(=O)O)C1=O. The first-order chi connectivity index (χ1) is 11.0. The minimum atomic E-state index is -0.878. The van der Waals surface area contributed by atoms with Crippen LogP contribution < -0.4 is 4.74 Å². The molecule has 0 aromatic heterocycles. The van der Waals surface area contributed by atoms with Gasteiger partial charge in [-0.15, -0.1) is 0 Å². The summed E-state index contributed by atoms with van der Waals surface area (Å²) in [5, 5.41) is 8.68. The molecule has 1 heterocycles. The predicted octanol–water partition coefficient (Wildman–Crippen LogP) is 3.15. The number of benzene rings is 1. The van der Waals surface area contributed by atoms with Crippen molar-refractivity contribution in [3.05, 3.63) is 34.7 Å². The lowest BCUT2D eigenvalue weighted by molar-refractivity contribution is -0.137. The molecule has 0 bridgehead atoms. The third kappa shape index (κ3) is 4.56. The van der Waals surface area contributed by atoms with Crippen LogP contribution in [0.2, 0.25) is 0 Å². The van der Waals surface area contributed by atoms with E-state index in [1.807, 2.05) is 31.2 Å². The number of thiocarbonyl (C=S) groups is 1. The Labute approximate surface area is 144 Å². The summed E-state index contributed by atoms with van der Waals surface area (Å²) in [6, 6.07) is 7.48. The van der Waals surface area contributed by atoms with E-state index in [9.17, 15) is 9.59 Å². The summed E-state index contributed by atoms with van der Waals surface area (Å²) in [7, 11) is 0. The Bertz CT molecular complexity index is 657. The molecule has 0 unspecified atom stereocenters. The van der Waals surface area contributed by atoms with Crippen molar-refractivity contribution in [2.45, 2.75) is 19.8 Å². The second kappa shape index (κ2) is 8.12. The molecule has 1 aromatic rings. The third-order valence-corrected chi connectivity index (χ3v) is 4.53. The zero-order chi connectivity index (χ0) is 16.8. The van der Waals surface area contributed by atoms with Crippen LogP contribution in [-0.4, -0.2) is 39.4 Å². The zero-order valence-electron chi connectivity index (χ0n) is 12.7. The van der Waals surface area contributed by atoms with Gasteiger partial charge in [-0.1, -0.05) is 42.2 Å². The summed E-state index contributed by atoms with van der Waals surface area (Å²) in [4.78, 5) is 25.0. The standard InChI is InChI=1S/C16H17NO4S2/c1-2-21-12-7-4-3-6-11(12)10-13-15(20)17(16(22)23-13)9-5-8-14(18)19/h3-4,6-7,10H,2,5,8-9H2,1H3,(H,18,19)/b13-10-. The van der Waals surface area contributed by atoms with Crippen LogP contribution in [-0.2, 0) is 9.59 Å². The smallest absolute Gasteiger partial charge is 0.303 e. The number of carboxylic acids is 1. The molecular formula is C16H17NO4S2. The number of hydrogen-bond donors (Lipinski definition) is 1. The highest BCUT2D eigenvalue weighted by Crippen LogP contribution is 2.34. The summed E-state index contributed by atoms with van der Waals surface area (Å²) < 4.78 is 6.01. The van der Waals surface area contributed by atoms with Crippen LogP contribution in [0.1, 0.15) is 25.3 Å². The maximum absolute atomic E-state index is 12.4. The van der Waals surface area contributed by atoms with Gasteiger partial charge in [0.15, 0.2) is 0 Å². The van der Waals surface area contributed by atoms with E-state index in [2.05, 4.69) is 0 Å². The summed E-state index contributed by atoms with van der Waals surface area (Å²) in [5.41, 5.74) is 0.820. The molecule has 2 rings (SSSR count). The molecule has 0 spiro atoms. The van der Waals surface area contributed by atoms with Crippen LogP contribution in [0.4, 0.5) is 0 Å². The quantitative estimate of drug-likeness (QED) is 0.601. The van der Waals surface area contributed by atoms with Gasteiger partial charge < -0.3 is 9.84 Å². The molecule has 122 valence electrons. The van der Waals surface area contributed by atoms with Gasteiger partial charge in [0.25, 0.3) is 5.91 Å². The second-order valence-electron chi connectivity index (χ2n) is 4.80. The largest absolute Gasteiger partial charge is 0.493 e. The molecule has 1 amide bonds. The number of carbonyl (C=O) groups is 2. The van der Waals surface area contributed by atoms with Gasteiger partial charge in [-0.2, -0.15) is 0 Å². The van der Waals surface area contributed by atoms with Crippen LogP contribution in [0.5, 0.6) is 5.75 Å². The van der Waals surface area contributed by atoms with Gasteiger partial charge in [-0.3, -0.25) is 14.5 Å². The molecule has 5 nitrogen and oxygen atoms in total. The molecule has 1 aromatic carbocycles. The number of carboxylic acid groups (broad SMARTS) is 1. The van der Waals surface area contributed by atoms with Crippen molar-refractivity contribution in [2.24, 2.45) is 0 Å². The molecule has 0 aliphatic carbocycles. The number of aliphatic carboxylic acids is 1. The Hall–Kier alpha value is -1.86. The molecule has 0 saturated carbocycles. The number of carbonyl (C=O) groups excluding carboxylic acids is 1. The zero-order valence-corrected chi connectivity index (χ0v) is 14.3. The van der Waals surface area contributed by atoms with Gasteiger partial charge in [0.2, 0.25) is 0 Å². The van der Waals surface area contributed by atoms with Crippen LogP contribution in [0.3, 0.4) is 0 Å².